The summed E-state index contributed by atoms with van der Waals surface area (Å²) in [5.74, 6) is 0.772. The molecule has 1 N–H and O–H groups in total. The predicted molar refractivity (Wildman–Crippen MR) is 112 cm³/mol. The number of aromatic amines is 1. The maximum absolute atomic E-state index is 13.3. The number of methoxy groups -OCH3 is 2. The summed E-state index contributed by atoms with van der Waals surface area (Å²) in [6.07, 6.45) is 0.540. The number of aryl methyl sites for hydroxylation is 1. The van der Waals surface area contributed by atoms with E-state index in [2.05, 4.69) is 5.10 Å². The first-order valence-corrected chi connectivity index (χ1v) is 9.42. The Labute approximate surface area is 168 Å². The third-order valence-electron chi connectivity index (χ3n) is 5.05. The number of benzene rings is 2. The van der Waals surface area contributed by atoms with E-state index in [1.54, 1.807) is 14.2 Å². The second kappa shape index (κ2) is 7.93. The average Bonchev–Trinajstić information content (AvgIpc) is 3.10. The van der Waals surface area contributed by atoms with Crippen molar-refractivity contribution in [3.8, 4) is 16.9 Å². The van der Waals surface area contributed by atoms with Gasteiger partial charge in [-0.3, -0.25) is 9.89 Å². The number of aromatic nitrogens is 3. The van der Waals surface area contributed by atoms with Gasteiger partial charge >= 0.3 is 0 Å². The number of rotatable bonds is 6. The molecule has 4 aromatic rings. The lowest BCUT2D eigenvalue weighted by molar-refractivity contribution is 0.181. The molecule has 6 nitrogen and oxygen atoms in total. The van der Waals surface area contributed by atoms with Gasteiger partial charge in [0.25, 0.3) is 5.56 Å². The summed E-state index contributed by atoms with van der Waals surface area (Å²) in [7, 11) is 3.27. The van der Waals surface area contributed by atoms with Gasteiger partial charge in [-0.05, 0) is 30.2 Å². The zero-order valence-corrected chi connectivity index (χ0v) is 16.7. The molecule has 0 aliphatic heterocycles. The van der Waals surface area contributed by atoms with E-state index in [1.165, 1.54) is 4.52 Å². The lowest BCUT2D eigenvalue weighted by Crippen LogP contribution is -2.22. The molecule has 0 atom stereocenters. The first-order chi connectivity index (χ1) is 14.1. The molecular weight excluding hydrogens is 366 g/mol. The highest BCUT2D eigenvalue weighted by molar-refractivity contribution is 5.80. The van der Waals surface area contributed by atoms with Crippen molar-refractivity contribution < 1.29 is 9.47 Å². The van der Waals surface area contributed by atoms with Gasteiger partial charge < -0.3 is 9.47 Å². The van der Waals surface area contributed by atoms with Crippen LogP contribution < -0.4 is 10.3 Å². The summed E-state index contributed by atoms with van der Waals surface area (Å²) in [6, 6.07) is 17.6. The van der Waals surface area contributed by atoms with Crippen molar-refractivity contribution in [1.82, 2.24) is 14.6 Å². The van der Waals surface area contributed by atoms with Crippen molar-refractivity contribution >= 4 is 5.65 Å². The second-order valence-corrected chi connectivity index (χ2v) is 6.93. The van der Waals surface area contributed by atoms with E-state index in [4.69, 9.17) is 14.5 Å². The fourth-order valence-corrected chi connectivity index (χ4v) is 3.57. The minimum atomic E-state index is -0.0894. The van der Waals surface area contributed by atoms with Crippen LogP contribution in [0.5, 0.6) is 5.75 Å². The highest BCUT2D eigenvalue weighted by Crippen LogP contribution is 2.29. The summed E-state index contributed by atoms with van der Waals surface area (Å²) < 4.78 is 12.1. The number of H-pyrrole nitrogens is 1. The van der Waals surface area contributed by atoms with E-state index in [-0.39, 0.29) is 5.56 Å². The third-order valence-corrected chi connectivity index (χ3v) is 5.05. The van der Waals surface area contributed by atoms with E-state index in [9.17, 15) is 4.79 Å². The Bertz CT molecular complexity index is 1190. The van der Waals surface area contributed by atoms with Crippen LogP contribution in [0, 0.1) is 6.92 Å². The Morgan fingerprint density at radius 2 is 1.76 bits per heavy atom. The summed E-state index contributed by atoms with van der Waals surface area (Å²) in [4.78, 5) is 18.1. The van der Waals surface area contributed by atoms with Crippen LogP contribution in [0.3, 0.4) is 0 Å². The largest absolute Gasteiger partial charge is 0.497 e. The molecule has 0 unspecified atom stereocenters. The van der Waals surface area contributed by atoms with Gasteiger partial charge in [0.2, 0.25) is 0 Å². The molecule has 148 valence electrons. The van der Waals surface area contributed by atoms with Gasteiger partial charge in [0.05, 0.1) is 19.4 Å². The van der Waals surface area contributed by atoms with Crippen molar-refractivity contribution in [2.24, 2.45) is 0 Å². The van der Waals surface area contributed by atoms with E-state index in [0.717, 1.165) is 33.8 Å². The Morgan fingerprint density at radius 1 is 1.03 bits per heavy atom. The van der Waals surface area contributed by atoms with Gasteiger partial charge in [0, 0.05) is 30.4 Å². The fourth-order valence-electron chi connectivity index (χ4n) is 3.57. The Balaban J connectivity index is 1.89. The van der Waals surface area contributed by atoms with Gasteiger partial charge in [-0.25, -0.2) is 9.50 Å². The Kier molecular flexibility index (Phi) is 5.18. The summed E-state index contributed by atoms with van der Waals surface area (Å²) in [5.41, 5.74) is 5.61. The van der Waals surface area contributed by atoms with Crippen LogP contribution >= 0.6 is 0 Å². The van der Waals surface area contributed by atoms with Crippen molar-refractivity contribution in [2.45, 2.75) is 20.0 Å². The number of hydrogen-bond acceptors (Lipinski definition) is 4. The van der Waals surface area contributed by atoms with E-state index >= 15 is 0 Å². The van der Waals surface area contributed by atoms with Crippen LogP contribution in [0.15, 0.2) is 59.4 Å². The monoisotopic (exact) mass is 389 g/mol. The van der Waals surface area contributed by atoms with Crippen molar-refractivity contribution in [3.05, 3.63) is 87.5 Å². The maximum Gasteiger partial charge on any atom is 0.276 e. The smallest absolute Gasteiger partial charge is 0.276 e. The second-order valence-electron chi connectivity index (χ2n) is 6.93. The molecule has 6 heteroatoms. The van der Waals surface area contributed by atoms with E-state index < -0.39 is 0 Å². The molecule has 0 spiro atoms. The zero-order valence-electron chi connectivity index (χ0n) is 16.7. The minimum Gasteiger partial charge on any atom is -0.497 e. The summed E-state index contributed by atoms with van der Waals surface area (Å²) in [5, 5.41) is 3.20. The molecule has 0 amide bonds. The SMILES string of the molecule is COCc1[nH]n2c(=O)c(Cc3ccccc3)c(C)nc2c1-c1ccc(OC)cc1. The van der Waals surface area contributed by atoms with Crippen LogP contribution in [0.2, 0.25) is 0 Å². The van der Waals surface area contributed by atoms with Gasteiger partial charge in [-0.2, -0.15) is 0 Å². The molecule has 2 aromatic heterocycles. The lowest BCUT2D eigenvalue weighted by atomic mass is 10.0. The summed E-state index contributed by atoms with van der Waals surface area (Å²) >= 11 is 0. The van der Waals surface area contributed by atoms with Gasteiger partial charge in [0.15, 0.2) is 5.65 Å². The number of nitrogens with zero attached hydrogens (tertiary/aromatic N) is 2. The van der Waals surface area contributed by atoms with E-state index in [1.807, 2.05) is 61.5 Å². The van der Waals surface area contributed by atoms with Crippen LogP contribution in [0.4, 0.5) is 0 Å². The van der Waals surface area contributed by atoms with Crippen LogP contribution in [0.1, 0.15) is 22.5 Å². The molecule has 0 aliphatic carbocycles. The number of hydrogen-bond donors (Lipinski definition) is 1. The highest BCUT2D eigenvalue weighted by atomic mass is 16.5. The maximum atomic E-state index is 13.3. The van der Waals surface area contributed by atoms with Crippen LogP contribution in [-0.2, 0) is 17.8 Å². The molecule has 0 bridgehead atoms. The molecule has 0 radical (unpaired) electrons. The standard InChI is InChI=1S/C23H23N3O3/c1-15-19(13-16-7-5-4-6-8-16)23(27)26-22(24-15)21(20(25-26)14-28-2)17-9-11-18(29-3)12-10-17/h4-12,25H,13-14H2,1-3H3. The van der Waals surface area contributed by atoms with Gasteiger partial charge in [-0.15, -0.1) is 0 Å². The molecule has 29 heavy (non-hydrogen) atoms. The number of ether oxygens (including phenoxy) is 2. The Morgan fingerprint density at radius 3 is 2.41 bits per heavy atom. The normalized spacial score (nSPS) is 11.1. The average molecular weight is 389 g/mol. The van der Waals surface area contributed by atoms with Crippen molar-refractivity contribution in [2.75, 3.05) is 14.2 Å². The van der Waals surface area contributed by atoms with Crippen LogP contribution in [0.25, 0.3) is 16.8 Å². The summed E-state index contributed by atoms with van der Waals surface area (Å²) in [6.45, 7) is 2.23. The molecule has 0 saturated heterocycles. The molecule has 0 aliphatic rings. The number of fused-ring (bicyclic) bond motifs is 1. The molecular formula is C23H23N3O3. The molecule has 0 fully saturated rings. The first-order valence-electron chi connectivity index (χ1n) is 9.42. The lowest BCUT2D eigenvalue weighted by Gasteiger charge is -2.07. The first kappa shape index (κ1) is 19.0. The van der Waals surface area contributed by atoms with Crippen molar-refractivity contribution in [3.63, 3.8) is 0 Å². The molecule has 0 saturated carbocycles. The highest BCUT2D eigenvalue weighted by Gasteiger charge is 2.19. The fraction of sp³-hybridized carbons (Fsp3) is 0.217. The minimum absolute atomic E-state index is 0.0894. The van der Waals surface area contributed by atoms with Crippen molar-refractivity contribution in [1.29, 1.82) is 0 Å². The van der Waals surface area contributed by atoms with E-state index in [0.29, 0.717) is 24.2 Å². The topological polar surface area (TPSA) is 68.6 Å². The van der Waals surface area contributed by atoms with Gasteiger partial charge in [0.1, 0.15) is 5.75 Å². The third kappa shape index (κ3) is 3.54. The Hall–Kier alpha value is -3.38. The molecule has 4 rings (SSSR count). The molecule has 2 heterocycles. The van der Waals surface area contributed by atoms with Crippen LogP contribution in [-0.4, -0.2) is 28.8 Å². The number of nitrogens with one attached hydrogen (secondary N) is 1. The quantitative estimate of drug-likeness (QED) is 0.545. The van der Waals surface area contributed by atoms with Gasteiger partial charge in [-0.1, -0.05) is 42.5 Å². The molecule has 2 aromatic carbocycles. The zero-order chi connectivity index (χ0) is 20.4. The predicted octanol–water partition coefficient (Wildman–Crippen LogP) is 3.74.